The lowest BCUT2D eigenvalue weighted by atomic mass is 10.2. The van der Waals surface area contributed by atoms with E-state index >= 15 is 0 Å². The zero-order valence-electron chi connectivity index (χ0n) is 7.57. The zero-order valence-corrected chi connectivity index (χ0v) is 8.39. The SMILES string of the molecule is C=CCS(=O)(=O)NC(CN)C1CC1. The van der Waals surface area contributed by atoms with E-state index < -0.39 is 10.0 Å². The van der Waals surface area contributed by atoms with E-state index in [-0.39, 0.29) is 11.8 Å². The van der Waals surface area contributed by atoms with E-state index in [1.807, 2.05) is 0 Å². The molecule has 5 heteroatoms. The van der Waals surface area contributed by atoms with Crippen molar-refractivity contribution in [3.8, 4) is 0 Å². The Bertz CT molecular complexity index is 270. The van der Waals surface area contributed by atoms with E-state index in [0.717, 1.165) is 12.8 Å². The van der Waals surface area contributed by atoms with Crippen molar-refractivity contribution in [3.63, 3.8) is 0 Å². The molecule has 1 saturated carbocycles. The third kappa shape index (κ3) is 3.46. The fraction of sp³-hybridized carbons (Fsp3) is 0.750. The maximum absolute atomic E-state index is 11.3. The van der Waals surface area contributed by atoms with Crippen LogP contribution in [-0.2, 0) is 10.0 Å². The number of nitrogens with one attached hydrogen (secondary N) is 1. The Labute approximate surface area is 79.2 Å². The van der Waals surface area contributed by atoms with Crippen molar-refractivity contribution in [1.82, 2.24) is 4.72 Å². The molecule has 0 amide bonds. The van der Waals surface area contributed by atoms with Gasteiger partial charge in [0.1, 0.15) is 0 Å². The predicted molar refractivity (Wildman–Crippen MR) is 52.7 cm³/mol. The molecule has 1 aliphatic carbocycles. The Balaban J connectivity index is 2.48. The summed E-state index contributed by atoms with van der Waals surface area (Å²) >= 11 is 0. The maximum Gasteiger partial charge on any atom is 0.215 e. The third-order valence-electron chi connectivity index (χ3n) is 2.11. The van der Waals surface area contributed by atoms with Gasteiger partial charge >= 0.3 is 0 Å². The Kier molecular flexibility index (Phi) is 3.47. The van der Waals surface area contributed by atoms with Crippen LogP contribution in [0.3, 0.4) is 0 Å². The average Bonchev–Trinajstić information content (AvgIpc) is 2.82. The second kappa shape index (κ2) is 4.21. The number of nitrogens with two attached hydrogens (primary N) is 1. The normalized spacial score (nSPS) is 19.8. The minimum Gasteiger partial charge on any atom is -0.329 e. The van der Waals surface area contributed by atoms with Crippen LogP contribution in [0, 0.1) is 5.92 Å². The first-order chi connectivity index (χ1) is 6.09. The van der Waals surface area contributed by atoms with Crippen LogP contribution in [0.2, 0.25) is 0 Å². The number of rotatable bonds is 6. The molecule has 3 N–H and O–H groups in total. The molecule has 4 nitrogen and oxygen atoms in total. The minimum absolute atomic E-state index is 0.0315. The van der Waals surface area contributed by atoms with Crippen molar-refractivity contribution < 1.29 is 8.42 Å². The van der Waals surface area contributed by atoms with Gasteiger partial charge in [0.25, 0.3) is 0 Å². The smallest absolute Gasteiger partial charge is 0.215 e. The van der Waals surface area contributed by atoms with Gasteiger partial charge in [-0.15, -0.1) is 6.58 Å². The molecule has 0 spiro atoms. The Morgan fingerprint density at radius 3 is 2.62 bits per heavy atom. The van der Waals surface area contributed by atoms with Crippen molar-refractivity contribution in [2.24, 2.45) is 11.7 Å². The molecular weight excluding hydrogens is 188 g/mol. The van der Waals surface area contributed by atoms with E-state index in [1.165, 1.54) is 6.08 Å². The molecule has 0 saturated heterocycles. The molecular formula is C8H16N2O2S. The summed E-state index contributed by atoms with van der Waals surface area (Å²) in [6.45, 7) is 3.77. The number of hydrogen-bond donors (Lipinski definition) is 2. The molecule has 0 bridgehead atoms. The summed E-state index contributed by atoms with van der Waals surface area (Å²) in [5, 5.41) is 0. The van der Waals surface area contributed by atoms with Gasteiger partial charge in [-0.1, -0.05) is 6.08 Å². The molecule has 1 atom stereocenters. The predicted octanol–water partition coefficient (Wildman–Crippen LogP) is -0.171. The van der Waals surface area contributed by atoms with Crippen LogP contribution >= 0.6 is 0 Å². The third-order valence-corrected chi connectivity index (χ3v) is 3.45. The quantitative estimate of drug-likeness (QED) is 0.590. The summed E-state index contributed by atoms with van der Waals surface area (Å²) in [5.41, 5.74) is 5.46. The minimum atomic E-state index is -3.20. The van der Waals surface area contributed by atoms with Gasteiger partial charge in [0.15, 0.2) is 0 Å². The highest BCUT2D eigenvalue weighted by molar-refractivity contribution is 7.89. The second-order valence-electron chi connectivity index (χ2n) is 3.37. The monoisotopic (exact) mass is 204 g/mol. The lowest BCUT2D eigenvalue weighted by Crippen LogP contribution is -2.42. The standard InChI is InChI=1S/C8H16N2O2S/c1-2-5-13(11,12)10-8(6-9)7-3-4-7/h2,7-8,10H,1,3-6,9H2. The van der Waals surface area contributed by atoms with Gasteiger partial charge in [0.05, 0.1) is 5.75 Å². The van der Waals surface area contributed by atoms with Gasteiger partial charge in [0, 0.05) is 12.6 Å². The Hall–Kier alpha value is -0.390. The average molecular weight is 204 g/mol. The number of sulfonamides is 1. The molecule has 0 aromatic carbocycles. The van der Waals surface area contributed by atoms with Crippen LogP contribution in [0.1, 0.15) is 12.8 Å². The highest BCUT2D eigenvalue weighted by Crippen LogP contribution is 2.32. The van der Waals surface area contributed by atoms with Crippen LogP contribution in [-0.4, -0.2) is 26.8 Å². The van der Waals surface area contributed by atoms with Crippen LogP contribution in [0.5, 0.6) is 0 Å². The molecule has 0 aromatic heterocycles. The summed E-state index contributed by atoms with van der Waals surface area (Å²) in [5.74, 6) is 0.417. The second-order valence-corrected chi connectivity index (χ2v) is 5.17. The van der Waals surface area contributed by atoms with Crippen molar-refractivity contribution in [1.29, 1.82) is 0 Å². The van der Waals surface area contributed by atoms with Gasteiger partial charge in [-0.3, -0.25) is 0 Å². The zero-order chi connectivity index (χ0) is 9.90. The topological polar surface area (TPSA) is 72.2 Å². The molecule has 13 heavy (non-hydrogen) atoms. The van der Waals surface area contributed by atoms with Crippen LogP contribution < -0.4 is 10.5 Å². The van der Waals surface area contributed by atoms with Crippen LogP contribution in [0.15, 0.2) is 12.7 Å². The summed E-state index contributed by atoms with van der Waals surface area (Å²) in [4.78, 5) is 0. The number of hydrogen-bond acceptors (Lipinski definition) is 3. The van der Waals surface area contributed by atoms with Gasteiger partial charge in [0.2, 0.25) is 10.0 Å². The first kappa shape index (κ1) is 10.7. The van der Waals surface area contributed by atoms with Gasteiger partial charge in [-0.05, 0) is 18.8 Å². The van der Waals surface area contributed by atoms with E-state index in [0.29, 0.717) is 12.5 Å². The molecule has 0 aliphatic heterocycles. The Morgan fingerprint density at radius 2 is 2.23 bits per heavy atom. The van der Waals surface area contributed by atoms with Crippen molar-refractivity contribution in [3.05, 3.63) is 12.7 Å². The first-order valence-corrected chi connectivity index (χ1v) is 6.05. The molecule has 0 heterocycles. The molecule has 1 rings (SSSR count). The van der Waals surface area contributed by atoms with Crippen molar-refractivity contribution in [2.75, 3.05) is 12.3 Å². The van der Waals surface area contributed by atoms with Crippen LogP contribution in [0.4, 0.5) is 0 Å². The van der Waals surface area contributed by atoms with Gasteiger partial charge in [-0.25, -0.2) is 13.1 Å². The van der Waals surface area contributed by atoms with Crippen LogP contribution in [0.25, 0.3) is 0 Å². The molecule has 0 aromatic rings. The van der Waals surface area contributed by atoms with Crippen molar-refractivity contribution >= 4 is 10.0 Å². The van der Waals surface area contributed by atoms with E-state index in [4.69, 9.17) is 5.73 Å². The highest BCUT2D eigenvalue weighted by Gasteiger charge is 2.32. The summed E-state index contributed by atoms with van der Waals surface area (Å²) in [6, 6.07) is -0.0788. The van der Waals surface area contributed by atoms with Gasteiger partial charge < -0.3 is 5.73 Å². The fourth-order valence-corrected chi connectivity index (χ4v) is 2.43. The molecule has 0 radical (unpaired) electrons. The lowest BCUT2D eigenvalue weighted by molar-refractivity contribution is 0.521. The van der Waals surface area contributed by atoms with Crippen molar-refractivity contribution in [2.45, 2.75) is 18.9 Å². The maximum atomic E-state index is 11.3. The summed E-state index contributed by atoms with van der Waals surface area (Å²) in [6.07, 6.45) is 3.54. The Morgan fingerprint density at radius 1 is 1.62 bits per heavy atom. The van der Waals surface area contributed by atoms with E-state index in [9.17, 15) is 8.42 Å². The largest absolute Gasteiger partial charge is 0.329 e. The molecule has 1 fully saturated rings. The molecule has 1 unspecified atom stereocenters. The molecule has 76 valence electrons. The van der Waals surface area contributed by atoms with E-state index in [1.54, 1.807) is 0 Å². The summed E-state index contributed by atoms with van der Waals surface area (Å²) < 4.78 is 25.2. The van der Waals surface area contributed by atoms with Gasteiger partial charge in [-0.2, -0.15) is 0 Å². The first-order valence-electron chi connectivity index (χ1n) is 4.40. The highest BCUT2D eigenvalue weighted by atomic mass is 32.2. The fourth-order valence-electron chi connectivity index (χ4n) is 1.27. The molecule has 1 aliphatic rings. The lowest BCUT2D eigenvalue weighted by Gasteiger charge is -2.14. The van der Waals surface area contributed by atoms with E-state index in [2.05, 4.69) is 11.3 Å². The summed E-state index contributed by atoms with van der Waals surface area (Å²) in [7, 11) is -3.20.